The highest BCUT2D eigenvalue weighted by Crippen LogP contribution is 2.32. The van der Waals surface area contributed by atoms with Crippen LogP contribution in [0.2, 0.25) is 0 Å². The van der Waals surface area contributed by atoms with Crippen LogP contribution < -0.4 is 0 Å². The largest absolute Gasteiger partial charge is 0.387 e. The molecule has 1 N–H and O–H groups in total. The molecule has 0 aliphatic carbocycles. The molecule has 0 aromatic heterocycles. The molecule has 2 heterocycles. The van der Waals surface area contributed by atoms with Gasteiger partial charge in [-0.25, -0.2) is 0 Å². The van der Waals surface area contributed by atoms with E-state index in [-0.39, 0.29) is 12.2 Å². The van der Waals surface area contributed by atoms with Crippen molar-refractivity contribution in [2.24, 2.45) is 0 Å². The van der Waals surface area contributed by atoms with Crippen LogP contribution in [0.5, 0.6) is 0 Å². The van der Waals surface area contributed by atoms with Crippen LogP contribution in [-0.2, 0) is 25.6 Å². The van der Waals surface area contributed by atoms with E-state index in [1.54, 1.807) is 7.11 Å². The minimum absolute atomic E-state index is 0.313. The fraction of sp³-hybridized carbons (Fsp3) is 0.571. The number of rotatable bonds is 4. The van der Waals surface area contributed by atoms with Crippen LogP contribution in [0.1, 0.15) is 5.56 Å². The second-order valence-corrected chi connectivity index (χ2v) is 4.83. The lowest BCUT2D eigenvalue weighted by atomic mass is 10.0. The minimum Gasteiger partial charge on any atom is -0.387 e. The van der Waals surface area contributed by atoms with Gasteiger partial charge in [0.1, 0.15) is 24.4 Å². The highest BCUT2D eigenvalue weighted by molar-refractivity contribution is 5.13. The first-order valence-electron chi connectivity index (χ1n) is 6.43. The van der Waals surface area contributed by atoms with Gasteiger partial charge in [-0.15, -0.1) is 0 Å². The Morgan fingerprint density at radius 3 is 2.84 bits per heavy atom. The van der Waals surface area contributed by atoms with E-state index in [0.717, 1.165) is 5.56 Å². The molecule has 0 amide bonds. The van der Waals surface area contributed by atoms with Crippen LogP contribution in [0.15, 0.2) is 30.3 Å². The number of hydrogen-bond donors (Lipinski definition) is 1. The summed E-state index contributed by atoms with van der Waals surface area (Å²) in [5.74, 6) is 0. The van der Waals surface area contributed by atoms with Gasteiger partial charge in [0.15, 0.2) is 6.29 Å². The average molecular weight is 266 g/mol. The maximum atomic E-state index is 10.0. The van der Waals surface area contributed by atoms with Crippen molar-refractivity contribution < 1.29 is 24.1 Å². The van der Waals surface area contributed by atoms with E-state index in [0.29, 0.717) is 13.2 Å². The third-order valence-corrected chi connectivity index (χ3v) is 3.59. The topological polar surface area (TPSA) is 57.2 Å². The van der Waals surface area contributed by atoms with E-state index < -0.39 is 18.5 Å². The Balaban J connectivity index is 1.67. The van der Waals surface area contributed by atoms with Crippen molar-refractivity contribution in [2.45, 2.75) is 37.3 Å². The Kier molecular flexibility index (Phi) is 3.81. The van der Waals surface area contributed by atoms with Gasteiger partial charge < -0.3 is 24.1 Å². The molecule has 104 valence electrons. The van der Waals surface area contributed by atoms with Gasteiger partial charge in [0.05, 0.1) is 13.2 Å². The number of aliphatic hydroxyl groups is 1. The monoisotopic (exact) mass is 266 g/mol. The molecule has 5 nitrogen and oxygen atoms in total. The molecule has 2 bridgehead atoms. The fourth-order valence-corrected chi connectivity index (χ4v) is 2.56. The molecule has 0 saturated carbocycles. The SMILES string of the molecule is CO[C@@H]1O[C@@H]2CO[C@@H]([C@H]2O)[C@H]1OCc1ccccc1. The van der Waals surface area contributed by atoms with Gasteiger partial charge in [-0.05, 0) is 5.56 Å². The molecule has 19 heavy (non-hydrogen) atoms. The van der Waals surface area contributed by atoms with Crippen molar-refractivity contribution >= 4 is 0 Å². The summed E-state index contributed by atoms with van der Waals surface area (Å²) < 4.78 is 22.3. The summed E-state index contributed by atoms with van der Waals surface area (Å²) in [5, 5.41) is 10.0. The van der Waals surface area contributed by atoms with Crippen LogP contribution in [0.4, 0.5) is 0 Å². The molecule has 0 spiro atoms. The number of aliphatic hydroxyl groups excluding tert-OH is 1. The Morgan fingerprint density at radius 2 is 2.11 bits per heavy atom. The van der Waals surface area contributed by atoms with Crippen molar-refractivity contribution in [1.82, 2.24) is 0 Å². The molecule has 3 rings (SSSR count). The summed E-state index contributed by atoms with van der Waals surface area (Å²) in [5.41, 5.74) is 1.06. The van der Waals surface area contributed by atoms with Crippen molar-refractivity contribution in [2.75, 3.05) is 13.7 Å². The van der Waals surface area contributed by atoms with Gasteiger partial charge in [0.25, 0.3) is 0 Å². The summed E-state index contributed by atoms with van der Waals surface area (Å²) in [4.78, 5) is 0. The number of fused-ring (bicyclic) bond motifs is 2. The highest BCUT2D eigenvalue weighted by Gasteiger charge is 2.51. The molecular formula is C14H18O5. The predicted molar refractivity (Wildman–Crippen MR) is 66.4 cm³/mol. The van der Waals surface area contributed by atoms with Crippen molar-refractivity contribution in [3.8, 4) is 0 Å². The Labute approximate surface area is 112 Å². The van der Waals surface area contributed by atoms with Crippen molar-refractivity contribution in [3.05, 3.63) is 35.9 Å². The van der Waals surface area contributed by atoms with Gasteiger partial charge in [0, 0.05) is 7.11 Å². The summed E-state index contributed by atoms with van der Waals surface area (Å²) in [6, 6.07) is 9.85. The summed E-state index contributed by atoms with van der Waals surface area (Å²) >= 11 is 0. The first-order valence-corrected chi connectivity index (χ1v) is 6.43. The molecule has 2 aliphatic rings. The standard InChI is InChI=1S/C14H18O5/c1-16-14-13(12-11(15)10(19-14)8-18-12)17-7-9-5-3-2-4-6-9/h2-6,10-15H,7-8H2,1H3/t10-,11+,12+,13-,14-/m1/s1. The third kappa shape index (κ3) is 2.52. The Hall–Kier alpha value is -0.980. The van der Waals surface area contributed by atoms with E-state index >= 15 is 0 Å². The molecule has 5 heteroatoms. The Morgan fingerprint density at radius 1 is 1.32 bits per heavy atom. The number of methoxy groups -OCH3 is 1. The lowest BCUT2D eigenvalue weighted by molar-refractivity contribution is -0.267. The van der Waals surface area contributed by atoms with Gasteiger partial charge in [0.2, 0.25) is 0 Å². The van der Waals surface area contributed by atoms with Crippen molar-refractivity contribution in [3.63, 3.8) is 0 Å². The van der Waals surface area contributed by atoms with Gasteiger partial charge in [-0.3, -0.25) is 0 Å². The van der Waals surface area contributed by atoms with E-state index in [9.17, 15) is 5.11 Å². The second-order valence-electron chi connectivity index (χ2n) is 4.83. The summed E-state index contributed by atoms with van der Waals surface area (Å²) in [7, 11) is 1.57. The first-order chi connectivity index (χ1) is 9.29. The predicted octanol–water partition coefficient (Wildman–Crippen LogP) is 0.703. The van der Waals surface area contributed by atoms with E-state index in [2.05, 4.69) is 0 Å². The third-order valence-electron chi connectivity index (χ3n) is 3.59. The molecular weight excluding hydrogens is 248 g/mol. The fourth-order valence-electron chi connectivity index (χ4n) is 2.56. The second kappa shape index (κ2) is 5.56. The molecule has 1 aromatic carbocycles. The maximum Gasteiger partial charge on any atom is 0.186 e. The molecule has 5 atom stereocenters. The van der Waals surface area contributed by atoms with Crippen LogP contribution in [-0.4, -0.2) is 49.5 Å². The lowest BCUT2D eigenvalue weighted by Crippen LogP contribution is -2.54. The molecule has 2 aliphatic heterocycles. The molecule has 0 unspecified atom stereocenters. The van der Waals surface area contributed by atoms with Crippen LogP contribution >= 0.6 is 0 Å². The smallest absolute Gasteiger partial charge is 0.186 e. The van der Waals surface area contributed by atoms with Gasteiger partial charge in [-0.2, -0.15) is 0 Å². The van der Waals surface area contributed by atoms with Crippen LogP contribution in [0.3, 0.4) is 0 Å². The quantitative estimate of drug-likeness (QED) is 0.869. The molecule has 2 fully saturated rings. The average Bonchev–Trinajstić information content (AvgIpc) is 2.71. The lowest BCUT2D eigenvalue weighted by Gasteiger charge is -2.36. The molecule has 2 saturated heterocycles. The maximum absolute atomic E-state index is 10.0. The van der Waals surface area contributed by atoms with Crippen LogP contribution in [0, 0.1) is 0 Å². The number of benzene rings is 1. The first kappa shape index (κ1) is 13.0. The van der Waals surface area contributed by atoms with E-state index in [1.807, 2.05) is 30.3 Å². The summed E-state index contributed by atoms with van der Waals surface area (Å²) in [6.07, 6.45) is -2.25. The molecule has 1 aromatic rings. The van der Waals surface area contributed by atoms with E-state index in [1.165, 1.54) is 0 Å². The van der Waals surface area contributed by atoms with Crippen molar-refractivity contribution in [1.29, 1.82) is 0 Å². The minimum atomic E-state index is -0.646. The zero-order valence-corrected chi connectivity index (χ0v) is 10.8. The normalized spacial score (nSPS) is 37.5. The van der Waals surface area contributed by atoms with Gasteiger partial charge >= 0.3 is 0 Å². The zero-order chi connectivity index (χ0) is 13.2. The van der Waals surface area contributed by atoms with Gasteiger partial charge in [-0.1, -0.05) is 30.3 Å². The zero-order valence-electron chi connectivity index (χ0n) is 10.8. The summed E-state index contributed by atoms with van der Waals surface area (Å²) in [6.45, 7) is 0.822. The van der Waals surface area contributed by atoms with E-state index in [4.69, 9.17) is 18.9 Å². The van der Waals surface area contributed by atoms with Crippen LogP contribution in [0.25, 0.3) is 0 Å². The number of hydrogen-bond acceptors (Lipinski definition) is 5. The highest BCUT2D eigenvalue weighted by atomic mass is 16.7. The molecule has 0 radical (unpaired) electrons. The number of ether oxygens (including phenoxy) is 4. The Bertz CT molecular complexity index is 410.